The van der Waals surface area contributed by atoms with Crippen molar-refractivity contribution >= 4 is 18.0 Å². The number of methoxy groups -OCH3 is 1. The highest BCUT2D eigenvalue weighted by atomic mass is 16.5. The van der Waals surface area contributed by atoms with E-state index in [9.17, 15) is 9.59 Å². The molecule has 0 aliphatic heterocycles. The van der Waals surface area contributed by atoms with E-state index in [0.29, 0.717) is 30.3 Å². The molecule has 8 heteroatoms. The van der Waals surface area contributed by atoms with Crippen LogP contribution in [-0.2, 0) is 9.59 Å². The van der Waals surface area contributed by atoms with E-state index < -0.39 is 11.9 Å². The van der Waals surface area contributed by atoms with Crippen molar-refractivity contribution in [1.82, 2.24) is 10.7 Å². The summed E-state index contributed by atoms with van der Waals surface area (Å²) in [5, 5.41) is 6.77. The van der Waals surface area contributed by atoms with Crippen molar-refractivity contribution in [3.8, 4) is 17.2 Å². The van der Waals surface area contributed by atoms with Crippen molar-refractivity contribution in [3.05, 3.63) is 53.6 Å². The Morgan fingerprint density at radius 2 is 1.82 bits per heavy atom. The predicted octanol–water partition coefficient (Wildman–Crippen LogP) is 3.46. The fourth-order valence-electron chi connectivity index (χ4n) is 3.09. The number of rotatable bonds is 12. The van der Waals surface area contributed by atoms with Crippen LogP contribution in [0.2, 0.25) is 0 Å². The molecular weight excluding hydrogens is 422 g/mol. The lowest BCUT2D eigenvalue weighted by Gasteiger charge is -2.19. The number of para-hydroxylation sites is 1. The molecule has 178 valence electrons. The summed E-state index contributed by atoms with van der Waals surface area (Å²) in [4.78, 5) is 25.1. The highest BCUT2D eigenvalue weighted by Crippen LogP contribution is 2.27. The molecule has 0 saturated carbocycles. The highest BCUT2D eigenvalue weighted by Gasteiger charge is 2.22. The molecule has 1 atom stereocenters. The van der Waals surface area contributed by atoms with Gasteiger partial charge in [0.05, 0.1) is 19.9 Å². The number of hydrazone groups is 1. The van der Waals surface area contributed by atoms with Crippen molar-refractivity contribution in [2.75, 3.05) is 20.3 Å². The maximum absolute atomic E-state index is 12.7. The zero-order valence-corrected chi connectivity index (χ0v) is 19.9. The van der Waals surface area contributed by atoms with Crippen LogP contribution in [0.3, 0.4) is 0 Å². The number of ether oxygens (including phenoxy) is 3. The normalized spacial score (nSPS) is 11.8. The third kappa shape index (κ3) is 8.48. The molecular formula is C25H33N3O5. The fourth-order valence-corrected chi connectivity index (χ4v) is 3.09. The summed E-state index contributed by atoms with van der Waals surface area (Å²) >= 11 is 0. The average Bonchev–Trinajstić information content (AvgIpc) is 2.78. The SMILES string of the molecule is CCOc1ccc(/C=N\NC(=O)[C@H](CC(C)C)NC(=O)COc2ccccc2C)cc1OC. The summed E-state index contributed by atoms with van der Waals surface area (Å²) in [5.74, 6) is 1.26. The number of carbonyl (C=O) groups excluding carboxylic acids is 2. The lowest BCUT2D eigenvalue weighted by Crippen LogP contribution is -2.47. The average molecular weight is 456 g/mol. The molecule has 33 heavy (non-hydrogen) atoms. The van der Waals surface area contributed by atoms with Crippen molar-refractivity contribution < 1.29 is 23.8 Å². The summed E-state index contributed by atoms with van der Waals surface area (Å²) in [6.45, 7) is 8.10. The molecule has 0 spiro atoms. The van der Waals surface area contributed by atoms with E-state index in [1.54, 1.807) is 31.4 Å². The standard InChI is InChI=1S/C25H33N3O5/c1-6-32-22-12-11-19(14-23(22)31-5)15-26-28-25(30)20(13-17(2)3)27-24(29)16-33-21-10-8-7-9-18(21)4/h7-12,14-15,17,20H,6,13,16H2,1-5H3,(H,27,29)(H,28,30)/b26-15-/t20-/m0/s1. The Morgan fingerprint density at radius 3 is 2.48 bits per heavy atom. The van der Waals surface area contributed by atoms with E-state index in [1.807, 2.05) is 45.9 Å². The molecule has 0 saturated heterocycles. The van der Waals surface area contributed by atoms with E-state index in [0.717, 1.165) is 11.1 Å². The summed E-state index contributed by atoms with van der Waals surface area (Å²) in [7, 11) is 1.56. The Hall–Kier alpha value is -3.55. The van der Waals surface area contributed by atoms with E-state index in [-0.39, 0.29) is 18.4 Å². The summed E-state index contributed by atoms with van der Waals surface area (Å²) in [5.41, 5.74) is 4.17. The molecule has 0 bridgehead atoms. The van der Waals surface area contributed by atoms with E-state index in [1.165, 1.54) is 6.21 Å². The number of hydrogen-bond donors (Lipinski definition) is 2. The molecule has 2 rings (SSSR count). The Kier molecular flexibility index (Phi) is 10.2. The summed E-state index contributed by atoms with van der Waals surface area (Å²) in [6, 6.07) is 12.1. The van der Waals surface area contributed by atoms with Gasteiger partial charge in [-0.15, -0.1) is 0 Å². The molecule has 8 nitrogen and oxygen atoms in total. The van der Waals surface area contributed by atoms with Crippen molar-refractivity contribution in [3.63, 3.8) is 0 Å². The first kappa shape index (κ1) is 25.7. The van der Waals surface area contributed by atoms with Gasteiger partial charge in [-0.1, -0.05) is 32.0 Å². The molecule has 0 aliphatic rings. The Labute approximate surface area is 195 Å². The van der Waals surface area contributed by atoms with Crippen molar-refractivity contribution in [2.45, 2.75) is 40.2 Å². The molecule has 0 aliphatic carbocycles. The van der Waals surface area contributed by atoms with Crippen LogP contribution in [0.25, 0.3) is 0 Å². The first-order valence-electron chi connectivity index (χ1n) is 11.0. The number of carbonyl (C=O) groups is 2. The van der Waals surface area contributed by atoms with Gasteiger partial charge >= 0.3 is 0 Å². The monoisotopic (exact) mass is 455 g/mol. The number of hydrogen-bond acceptors (Lipinski definition) is 6. The van der Waals surface area contributed by atoms with Gasteiger partial charge in [-0.25, -0.2) is 5.43 Å². The molecule has 2 aromatic carbocycles. The zero-order valence-electron chi connectivity index (χ0n) is 19.9. The van der Waals surface area contributed by atoms with E-state index >= 15 is 0 Å². The van der Waals surface area contributed by atoms with Crippen LogP contribution in [-0.4, -0.2) is 44.4 Å². The lowest BCUT2D eigenvalue weighted by atomic mass is 10.0. The summed E-state index contributed by atoms with van der Waals surface area (Å²) < 4.78 is 16.4. The van der Waals surface area contributed by atoms with Gasteiger partial charge < -0.3 is 19.5 Å². The van der Waals surface area contributed by atoms with Gasteiger partial charge in [0.15, 0.2) is 18.1 Å². The van der Waals surface area contributed by atoms with Gasteiger partial charge in [-0.05, 0) is 61.6 Å². The molecule has 0 aromatic heterocycles. The minimum atomic E-state index is -0.731. The van der Waals surface area contributed by atoms with Gasteiger partial charge in [-0.2, -0.15) is 5.10 Å². The Morgan fingerprint density at radius 1 is 1.06 bits per heavy atom. The van der Waals surface area contributed by atoms with Crippen molar-refractivity contribution in [2.24, 2.45) is 11.0 Å². The zero-order chi connectivity index (χ0) is 24.2. The second-order valence-electron chi connectivity index (χ2n) is 7.88. The molecule has 2 aromatic rings. The van der Waals surface area contributed by atoms with Crippen LogP contribution in [0.5, 0.6) is 17.2 Å². The number of benzene rings is 2. The third-order valence-corrected chi connectivity index (χ3v) is 4.69. The number of nitrogens with zero attached hydrogens (tertiary/aromatic N) is 1. The topological polar surface area (TPSA) is 98.2 Å². The minimum Gasteiger partial charge on any atom is -0.493 e. The molecule has 0 radical (unpaired) electrons. The predicted molar refractivity (Wildman–Crippen MR) is 128 cm³/mol. The van der Waals surface area contributed by atoms with Crippen LogP contribution in [0.1, 0.15) is 38.3 Å². The quantitative estimate of drug-likeness (QED) is 0.377. The third-order valence-electron chi connectivity index (χ3n) is 4.69. The van der Waals surface area contributed by atoms with E-state index in [2.05, 4.69) is 15.8 Å². The Balaban J connectivity index is 1.96. The van der Waals surface area contributed by atoms with Crippen LogP contribution < -0.4 is 25.0 Å². The van der Waals surface area contributed by atoms with E-state index in [4.69, 9.17) is 14.2 Å². The molecule has 2 amide bonds. The first-order valence-corrected chi connectivity index (χ1v) is 11.0. The Bertz CT molecular complexity index is 959. The number of aryl methyl sites for hydroxylation is 1. The minimum absolute atomic E-state index is 0.179. The maximum atomic E-state index is 12.7. The van der Waals surface area contributed by atoms with Gasteiger partial charge in [0.1, 0.15) is 11.8 Å². The highest BCUT2D eigenvalue weighted by molar-refractivity contribution is 5.89. The molecule has 2 N–H and O–H groups in total. The second kappa shape index (κ2) is 13.1. The van der Waals surface area contributed by atoms with Crippen LogP contribution >= 0.6 is 0 Å². The first-order chi connectivity index (χ1) is 15.8. The summed E-state index contributed by atoms with van der Waals surface area (Å²) in [6.07, 6.45) is 1.97. The van der Waals surface area contributed by atoms with Gasteiger partial charge in [-0.3, -0.25) is 9.59 Å². The van der Waals surface area contributed by atoms with Crippen LogP contribution in [0, 0.1) is 12.8 Å². The molecule has 0 heterocycles. The van der Waals surface area contributed by atoms with Gasteiger partial charge in [0, 0.05) is 0 Å². The van der Waals surface area contributed by atoms with Gasteiger partial charge in [0.25, 0.3) is 11.8 Å². The second-order valence-corrected chi connectivity index (χ2v) is 7.88. The molecule has 0 fully saturated rings. The molecule has 0 unspecified atom stereocenters. The van der Waals surface area contributed by atoms with Crippen LogP contribution in [0.15, 0.2) is 47.6 Å². The van der Waals surface area contributed by atoms with Gasteiger partial charge in [0.2, 0.25) is 0 Å². The maximum Gasteiger partial charge on any atom is 0.262 e. The largest absolute Gasteiger partial charge is 0.493 e. The van der Waals surface area contributed by atoms with Crippen LogP contribution in [0.4, 0.5) is 0 Å². The number of nitrogens with one attached hydrogen (secondary N) is 2. The smallest absolute Gasteiger partial charge is 0.262 e. The fraction of sp³-hybridized carbons (Fsp3) is 0.400. The lowest BCUT2D eigenvalue weighted by molar-refractivity contribution is -0.130. The number of amides is 2. The van der Waals surface area contributed by atoms with Crippen molar-refractivity contribution in [1.29, 1.82) is 0 Å².